The number of H-pyrrole nitrogens is 3. The second kappa shape index (κ2) is 3.92. The van der Waals surface area contributed by atoms with E-state index in [9.17, 15) is 9.59 Å². The molecule has 6 nitrogen and oxygen atoms in total. The van der Waals surface area contributed by atoms with Crippen LogP contribution >= 0.6 is 0 Å². The number of hydrogen-bond acceptors (Lipinski definition) is 2. The summed E-state index contributed by atoms with van der Waals surface area (Å²) < 4.78 is 0. The number of rotatable bonds is 2. The van der Waals surface area contributed by atoms with Gasteiger partial charge in [0.2, 0.25) is 0 Å². The number of aromatic nitrogens is 3. The molecule has 1 amide bonds. The minimum absolute atomic E-state index is 0.199. The molecule has 90 valence electrons. The highest BCUT2D eigenvalue weighted by atomic mass is 16.2. The summed E-state index contributed by atoms with van der Waals surface area (Å²) in [5, 5.41) is 8.25. The van der Waals surface area contributed by atoms with Crippen molar-refractivity contribution in [2.45, 2.75) is 0 Å². The van der Waals surface area contributed by atoms with Gasteiger partial charge in [0.15, 0.2) is 0 Å². The van der Waals surface area contributed by atoms with Crippen LogP contribution in [0.4, 0.5) is 5.69 Å². The van der Waals surface area contributed by atoms with Crippen molar-refractivity contribution >= 4 is 22.5 Å². The molecule has 2 aromatic heterocycles. The van der Waals surface area contributed by atoms with Crippen LogP contribution in [0.15, 0.2) is 41.5 Å². The van der Waals surface area contributed by atoms with Gasteiger partial charge in [0, 0.05) is 23.3 Å². The lowest BCUT2D eigenvalue weighted by atomic mass is 10.1. The highest BCUT2D eigenvalue weighted by Gasteiger charge is 2.13. The quantitative estimate of drug-likeness (QED) is 0.547. The van der Waals surface area contributed by atoms with Gasteiger partial charge >= 0.3 is 0 Å². The SMILES string of the molecule is O=C(Nc1c[nH][nH]c1=O)c1c[nH]c2ccccc12. The molecule has 0 spiro atoms. The molecule has 0 fully saturated rings. The Balaban J connectivity index is 1.98. The van der Waals surface area contributed by atoms with Crippen LogP contribution in [0.5, 0.6) is 0 Å². The molecule has 1 aromatic carbocycles. The van der Waals surface area contributed by atoms with Crippen LogP contribution in [0.2, 0.25) is 0 Å². The van der Waals surface area contributed by atoms with E-state index >= 15 is 0 Å². The van der Waals surface area contributed by atoms with E-state index in [1.54, 1.807) is 6.20 Å². The van der Waals surface area contributed by atoms with Crippen LogP contribution < -0.4 is 10.9 Å². The highest BCUT2D eigenvalue weighted by Crippen LogP contribution is 2.18. The minimum Gasteiger partial charge on any atom is -0.360 e. The zero-order valence-corrected chi connectivity index (χ0v) is 9.28. The number of anilines is 1. The largest absolute Gasteiger partial charge is 0.360 e. The van der Waals surface area contributed by atoms with Crippen LogP contribution in [0.3, 0.4) is 0 Å². The molecule has 0 aliphatic heterocycles. The Hall–Kier alpha value is -2.76. The van der Waals surface area contributed by atoms with E-state index in [0.717, 1.165) is 10.9 Å². The number of hydrogen-bond donors (Lipinski definition) is 4. The summed E-state index contributed by atoms with van der Waals surface area (Å²) in [5.41, 5.74) is 1.23. The molecule has 4 N–H and O–H groups in total. The minimum atomic E-state index is -0.358. The van der Waals surface area contributed by atoms with Gasteiger partial charge in [0.1, 0.15) is 5.69 Å². The van der Waals surface area contributed by atoms with E-state index in [2.05, 4.69) is 20.5 Å². The first kappa shape index (κ1) is 10.4. The summed E-state index contributed by atoms with van der Waals surface area (Å²) in [4.78, 5) is 26.3. The highest BCUT2D eigenvalue weighted by molar-refractivity contribution is 6.12. The maximum absolute atomic E-state index is 12.0. The first-order valence-electron chi connectivity index (χ1n) is 5.39. The predicted octanol–water partition coefficient (Wildman–Crippen LogP) is 1.44. The molecule has 0 radical (unpaired) electrons. The van der Waals surface area contributed by atoms with Gasteiger partial charge in [-0.2, -0.15) is 0 Å². The molecule has 0 aliphatic carbocycles. The van der Waals surface area contributed by atoms with Crippen molar-refractivity contribution in [3.63, 3.8) is 0 Å². The lowest BCUT2D eigenvalue weighted by Gasteiger charge is -1.99. The fourth-order valence-corrected chi connectivity index (χ4v) is 1.85. The molecule has 0 saturated heterocycles. The molecule has 0 saturated carbocycles. The van der Waals surface area contributed by atoms with Crippen molar-refractivity contribution in [1.82, 2.24) is 15.2 Å². The van der Waals surface area contributed by atoms with E-state index in [4.69, 9.17) is 0 Å². The molecule has 0 bridgehead atoms. The first-order valence-corrected chi connectivity index (χ1v) is 5.39. The molecular weight excluding hydrogens is 232 g/mol. The Morgan fingerprint density at radius 1 is 1.17 bits per heavy atom. The van der Waals surface area contributed by atoms with Crippen LogP contribution in [-0.4, -0.2) is 21.1 Å². The Bertz CT molecular complexity index is 765. The molecule has 0 unspecified atom stereocenters. The molecule has 3 aromatic rings. The first-order chi connectivity index (χ1) is 8.75. The van der Waals surface area contributed by atoms with Crippen molar-refractivity contribution in [3.05, 3.63) is 52.6 Å². The Labute approximate surface area is 101 Å². The fourth-order valence-electron chi connectivity index (χ4n) is 1.85. The second-order valence-electron chi connectivity index (χ2n) is 3.86. The van der Waals surface area contributed by atoms with Gasteiger partial charge in [-0.05, 0) is 6.07 Å². The topological polar surface area (TPSA) is 93.5 Å². The van der Waals surface area contributed by atoms with E-state index in [-0.39, 0.29) is 17.2 Å². The lowest BCUT2D eigenvalue weighted by Crippen LogP contribution is -2.16. The number of aromatic amines is 3. The van der Waals surface area contributed by atoms with Crippen molar-refractivity contribution in [2.75, 3.05) is 5.32 Å². The summed E-state index contributed by atoms with van der Waals surface area (Å²) in [6.07, 6.45) is 3.04. The number of amides is 1. The van der Waals surface area contributed by atoms with Crippen molar-refractivity contribution in [1.29, 1.82) is 0 Å². The van der Waals surface area contributed by atoms with Gasteiger partial charge in [-0.1, -0.05) is 18.2 Å². The van der Waals surface area contributed by atoms with E-state index < -0.39 is 0 Å². The predicted molar refractivity (Wildman–Crippen MR) is 67.7 cm³/mol. The van der Waals surface area contributed by atoms with Gasteiger partial charge in [-0.25, -0.2) is 0 Å². The zero-order valence-electron chi connectivity index (χ0n) is 9.28. The fraction of sp³-hybridized carbons (Fsp3) is 0. The number of para-hydroxylation sites is 1. The summed E-state index contributed by atoms with van der Waals surface area (Å²) in [6, 6.07) is 7.48. The smallest absolute Gasteiger partial charge is 0.287 e. The van der Waals surface area contributed by atoms with Gasteiger partial charge in [0.05, 0.1) is 5.56 Å². The molecule has 3 rings (SSSR count). The maximum atomic E-state index is 12.0. The van der Waals surface area contributed by atoms with Crippen LogP contribution in [0.25, 0.3) is 10.9 Å². The number of fused-ring (bicyclic) bond motifs is 1. The van der Waals surface area contributed by atoms with Crippen LogP contribution in [-0.2, 0) is 0 Å². The zero-order chi connectivity index (χ0) is 12.5. The van der Waals surface area contributed by atoms with Crippen LogP contribution in [0.1, 0.15) is 10.4 Å². The average molecular weight is 242 g/mol. The number of benzene rings is 1. The van der Waals surface area contributed by atoms with Crippen molar-refractivity contribution < 1.29 is 4.79 Å². The molecule has 2 heterocycles. The lowest BCUT2D eigenvalue weighted by molar-refractivity contribution is 0.102. The molecule has 6 heteroatoms. The van der Waals surface area contributed by atoms with Crippen molar-refractivity contribution in [2.24, 2.45) is 0 Å². The Morgan fingerprint density at radius 3 is 2.78 bits per heavy atom. The average Bonchev–Trinajstić information content (AvgIpc) is 2.96. The molecular formula is C12H10N4O2. The van der Waals surface area contributed by atoms with Crippen LogP contribution in [0, 0.1) is 0 Å². The van der Waals surface area contributed by atoms with Gasteiger partial charge in [-0.15, -0.1) is 0 Å². The Morgan fingerprint density at radius 2 is 2.00 bits per heavy atom. The summed E-state index contributed by atoms with van der Waals surface area (Å²) in [7, 11) is 0. The molecule has 0 aliphatic rings. The van der Waals surface area contributed by atoms with Gasteiger partial charge in [0.25, 0.3) is 11.5 Å². The van der Waals surface area contributed by atoms with E-state index in [0.29, 0.717) is 5.56 Å². The maximum Gasteiger partial charge on any atom is 0.287 e. The van der Waals surface area contributed by atoms with Gasteiger partial charge in [-0.3, -0.25) is 14.7 Å². The van der Waals surface area contributed by atoms with Gasteiger partial charge < -0.3 is 15.4 Å². The molecule has 18 heavy (non-hydrogen) atoms. The molecule has 0 atom stereocenters. The number of nitrogens with one attached hydrogen (secondary N) is 4. The standard InChI is InChI=1S/C12H10N4O2/c17-11(15-10-6-14-16-12(10)18)8-5-13-9-4-2-1-3-7(8)9/h1-6,13H,(H,15,17)(H2,14,16,18). The van der Waals surface area contributed by atoms with E-state index in [1.165, 1.54) is 6.20 Å². The second-order valence-corrected chi connectivity index (χ2v) is 3.86. The van der Waals surface area contributed by atoms with Crippen molar-refractivity contribution in [3.8, 4) is 0 Å². The summed E-state index contributed by atoms with van der Waals surface area (Å²) in [6.45, 7) is 0. The third kappa shape index (κ3) is 1.60. The normalized spacial score (nSPS) is 10.7. The monoisotopic (exact) mass is 242 g/mol. The number of carbonyl (C=O) groups excluding carboxylic acids is 1. The Kier molecular flexibility index (Phi) is 2.26. The third-order valence-electron chi connectivity index (χ3n) is 2.73. The third-order valence-corrected chi connectivity index (χ3v) is 2.73. The van der Waals surface area contributed by atoms with E-state index in [1.807, 2.05) is 24.3 Å². The number of carbonyl (C=O) groups is 1. The summed E-state index contributed by atoms with van der Waals surface area (Å²) >= 11 is 0. The summed E-state index contributed by atoms with van der Waals surface area (Å²) in [5.74, 6) is -0.322.